The van der Waals surface area contributed by atoms with E-state index in [-0.39, 0.29) is 5.54 Å². The average Bonchev–Trinajstić information content (AvgIpc) is 3.19. The molecule has 0 radical (unpaired) electrons. The standard InChI is InChI=1S/C27H43FN4O2/c1-3-5-8-12-22(33)17-24-23(4-2)25(31-14-9-6-7-10-15-31)30-26(29-24)34-20-27-13-11-16-32(27)19-21(28)18-27/h12,21,33H,3-11,13-20H2,1-2H3/b22-12+/t21-,27+/m1/s1. The van der Waals surface area contributed by atoms with Crippen LogP contribution in [0.4, 0.5) is 10.2 Å². The van der Waals surface area contributed by atoms with Crippen molar-refractivity contribution in [2.75, 3.05) is 37.7 Å². The second-order valence-electron chi connectivity index (χ2n) is 10.4. The fourth-order valence-corrected chi connectivity index (χ4v) is 5.98. The van der Waals surface area contributed by atoms with Gasteiger partial charge in [0.2, 0.25) is 0 Å². The quantitative estimate of drug-likeness (QED) is 0.354. The molecule has 1 N–H and O–H groups in total. The third kappa shape index (κ3) is 5.84. The summed E-state index contributed by atoms with van der Waals surface area (Å²) >= 11 is 0. The summed E-state index contributed by atoms with van der Waals surface area (Å²) < 4.78 is 20.5. The Labute approximate surface area is 204 Å². The van der Waals surface area contributed by atoms with Crippen LogP contribution in [0.2, 0.25) is 0 Å². The van der Waals surface area contributed by atoms with Gasteiger partial charge in [-0.2, -0.15) is 9.97 Å². The van der Waals surface area contributed by atoms with Gasteiger partial charge in [-0.1, -0.05) is 33.1 Å². The minimum Gasteiger partial charge on any atom is -0.512 e. The van der Waals surface area contributed by atoms with Crippen molar-refractivity contribution in [1.82, 2.24) is 14.9 Å². The zero-order valence-corrected chi connectivity index (χ0v) is 21.2. The van der Waals surface area contributed by atoms with Gasteiger partial charge in [-0.25, -0.2) is 4.39 Å². The lowest BCUT2D eigenvalue weighted by atomic mass is 9.95. The van der Waals surface area contributed by atoms with Crippen LogP contribution in [-0.4, -0.2) is 64.5 Å². The van der Waals surface area contributed by atoms with Crippen molar-refractivity contribution in [2.45, 2.75) is 103 Å². The van der Waals surface area contributed by atoms with Crippen LogP contribution in [0.1, 0.15) is 89.3 Å². The first kappa shape index (κ1) is 25.2. The number of aliphatic hydroxyl groups excluding tert-OH is 1. The summed E-state index contributed by atoms with van der Waals surface area (Å²) in [5.74, 6) is 1.33. The number of fused-ring (bicyclic) bond motifs is 1. The molecule has 3 aliphatic rings. The molecule has 0 amide bonds. The monoisotopic (exact) mass is 474 g/mol. The highest BCUT2D eigenvalue weighted by Crippen LogP contribution is 2.40. The number of ether oxygens (including phenoxy) is 1. The smallest absolute Gasteiger partial charge is 0.318 e. The summed E-state index contributed by atoms with van der Waals surface area (Å²) in [7, 11) is 0. The number of hydrogen-bond donors (Lipinski definition) is 1. The Bertz CT molecular complexity index is 840. The molecule has 0 aromatic carbocycles. The van der Waals surface area contributed by atoms with E-state index in [1.807, 2.05) is 6.08 Å². The van der Waals surface area contributed by atoms with E-state index in [0.717, 1.165) is 88.1 Å². The van der Waals surface area contributed by atoms with Crippen LogP contribution in [0, 0.1) is 0 Å². The number of hydrogen-bond acceptors (Lipinski definition) is 6. The third-order valence-electron chi connectivity index (χ3n) is 7.83. The maximum absolute atomic E-state index is 14.2. The van der Waals surface area contributed by atoms with Crippen molar-refractivity contribution in [2.24, 2.45) is 0 Å². The number of aliphatic hydroxyl groups is 1. The molecular formula is C27H43FN4O2. The minimum absolute atomic E-state index is 0.225. The number of alkyl halides is 1. The summed E-state index contributed by atoms with van der Waals surface area (Å²) in [6.45, 7) is 8.15. The van der Waals surface area contributed by atoms with Crippen molar-refractivity contribution in [1.29, 1.82) is 0 Å². The molecule has 3 saturated heterocycles. The van der Waals surface area contributed by atoms with E-state index in [1.165, 1.54) is 12.8 Å². The number of rotatable bonds is 10. The second-order valence-corrected chi connectivity index (χ2v) is 10.4. The van der Waals surface area contributed by atoms with E-state index in [2.05, 4.69) is 23.6 Å². The molecule has 0 aliphatic carbocycles. The van der Waals surface area contributed by atoms with Crippen LogP contribution >= 0.6 is 0 Å². The molecule has 3 aliphatic heterocycles. The third-order valence-corrected chi connectivity index (χ3v) is 7.83. The predicted octanol–water partition coefficient (Wildman–Crippen LogP) is 5.55. The molecule has 0 spiro atoms. The van der Waals surface area contributed by atoms with E-state index in [4.69, 9.17) is 14.7 Å². The zero-order chi connectivity index (χ0) is 24.0. The molecule has 1 aromatic heterocycles. The van der Waals surface area contributed by atoms with Crippen molar-refractivity contribution in [3.8, 4) is 6.01 Å². The Morgan fingerprint density at radius 2 is 1.94 bits per heavy atom. The highest BCUT2D eigenvalue weighted by Gasteiger charge is 2.49. The van der Waals surface area contributed by atoms with Crippen molar-refractivity contribution in [3.05, 3.63) is 23.1 Å². The Balaban J connectivity index is 1.60. The molecule has 0 unspecified atom stereocenters. The van der Waals surface area contributed by atoms with Gasteiger partial charge in [-0.05, 0) is 57.6 Å². The topological polar surface area (TPSA) is 61.7 Å². The molecule has 7 heteroatoms. The molecule has 4 heterocycles. The van der Waals surface area contributed by atoms with Gasteiger partial charge in [0, 0.05) is 38.0 Å². The molecule has 0 bridgehead atoms. The van der Waals surface area contributed by atoms with Crippen molar-refractivity contribution >= 4 is 5.82 Å². The maximum atomic E-state index is 14.2. The Morgan fingerprint density at radius 3 is 2.68 bits per heavy atom. The first-order valence-electron chi connectivity index (χ1n) is 13.6. The van der Waals surface area contributed by atoms with E-state index < -0.39 is 6.17 Å². The minimum atomic E-state index is -0.777. The number of aromatic nitrogens is 2. The number of halogens is 1. The van der Waals surface area contributed by atoms with Crippen molar-refractivity contribution < 1.29 is 14.2 Å². The van der Waals surface area contributed by atoms with Gasteiger partial charge in [-0.15, -0.1) is 0 Å². The van der Waals surface area contributed by atoms with Gasteiger partial charge >= 0.3 is 6.01 Å². The van der Waals surface area contributed by atoms with Gasteiger partial charge in [-0.3, -0.25) is 4.90 Å². The second kappa shape index (κ2) is 11.7. The average molecular weight is 475 g/mol. The molecular weight excluding hydrogens is 431 g/mol. The first-order chi connectivity index (χ1) is 16.5. The number of unbranched alkanes of at least 4 members (excludes halogenated alkanes) is 2. The lowest BCUT2D eigenvalue weighted by Crippen LogP contribution is -2.43. The van der Waals surface area contributed by atoms with Crippen LogP contribution < -0.4 is 9.64 Å². The van der Waals surface area contributed by atoms with E-state index >= 15 is 0 Å². The summed E-state index contributed by atoms with van der Waals surface area (Å²) in [4.78, 5) is 14.4. The number of nitrogens with zero attached hydrogens (tertiary/aromatic N) is 4. The normalized spacial score (nSPS) is 26.0. The number of anilines is 1. The summed E-state index contributed by atoms with van der Waals surface area (Å²) in [5.41, 5.74) is 1.74. The van der Waals surface area contributed by atoms with Crippen LogP contribution in [0.25, 0.3) is 0 Å². The largest absolute Gasteiger partial charge is 0.512 e. The molecule has 0 saturated carbocycles. The Hall–Kier alpha value is -1.89. The molecule has 3 fully saturated rings. The Morgan fingerprint density at radius 1 is 1.15 bits per heavy atom. The molecule has 6 nitrogen and oxygen atoms in total. The van der Waals surface area contributed by atoms with E-state index in [1.54, 1.807) is 0 Å². The summed E-state index contributed by atoms with van der Waals surface area (Å²) in [5, 5.41) is 10.6. The summed E-state index contributed by atoms with van der Waals surface area (Å²) in [6, 6.07) is 0.372. The lowest BCUT2D eigenvalue weighted by Gasteiger charge is -2.31. The van der Waals surface area contributed by atoms with Crippen LogP contribution in [-0.2, 0) is 12.8 Å². The van der Waals surface area contributed by atoms with Crippen LogP contribution in [0.3, 0.4) is 0 Å². The zero-order valence-electron chi connectivity index (χ0n) is 21.2. The summed E-state index contributed by atoms with van der Waals surface area (Å²) in [6.07, 6.45) is 12.8. The van der Waals surface area contributed by atoms with Gasteiger partial charge in [0.25, 0.3) is 0 Å². The SMILES string of the molecule is CCCC/C=C(/O)Cc1nc(OC[C@@]23CCCN2C[C@H](F)C3)nc(N2CCCCCC2)c1CC. The fraction of sp³-hybridized carbons (Fsp3) is 0.778. The molecule has 2 atom stereocenters. The van der Waals surface area contributed by atoms with Gasteiger partial charge in [0.05, 0.1) is 17.0 Å². The molecule has 1 aromatic rings. The van der Waals surface area contributed by atoms with Gasteiger partial charge in [0.1, 0.15) is 18.6 Å². The van der Waals surface area contributed by atoms with Crippen LogP contribution in [0.15, 0.2) is 11.8 Å². The van der Waals surface area contributed by atoms with Crippen molar-refractivity contribution in [3.63, 3.8) is 0 Å². The Kier molecular flexibility index (Phi) is 8.67. The lowest BCUT2D eigenvalue weighted by molar-refractivity contribution is 0.107. The highest BCUT2D eigenvalue weighted by molar-refractivity contribution is 5.51. The molecule has 190 valence electrons. The van der Waals surface area contributed by atoms with Crippen LogP contribution in [0.5, 0.6) is 6.01 Å². The first-order valence-corrected chi connectivity index (χ1v) is 13.6. The predicted molar refractivity (Wildman–Crippen MR) is 135 cm³/mol. The molecule has 4 rings (SSSR count). The molecule has 34 heavy (non-hydrogen) atoms. The maximum Gasteiger partial charge on any atom is 0.318 e. The van der Waals surface area contributed by atoms with Gasteiger partial charge in [0.15, 0.2) is 0 Å². The van der Waals surface area contributed by atoms with Gasteiger partial charge < -0.3 is 14.7 Å². The number of allylic oxidation sites excluding steroid dienone is 2. The highest BCUT2D eigenvalue weighted by atomic mass is 19.1. The van der Waals surface area contributed by atoms with E-state index in [0.29, 0.717) is 37.8 Å². The fourth-order valence-electron chi connectivity index (χ4n) is 5.98. The van der Waals surface area contributed by atoms with E-state index in [9.17, 15) is 9.50 Å².